The average molecular weight is 275 g/mol. The molecule has 19 heavy (non-hydrogen) atoms. The van der Waals surface area contributed by atoms with Crippen molar-refractivity contribution in [1.29, 1.82) is 0 Å². The molecule has 1 aliphatic rings. The first kappa shape index (κ1) is 13.0. The quantitative estimate of drug-likeness (QED) is 0.753. The molecule has 2 aromatic carbocycles. The Bertz CT molecular complexity index is 540. The van der Waals surface area contributed by atoms with Crippen molar-refractivity contribution in [3.8, 4) is 0 Å². The summed E-state index contributed by atoms with van der Waals surface area (Å²) in [5.41, 5.74) is 1.37. The second-order valence-corrected chi connectivity index (χ2v) is 5.87. The second-order valence-electron chi connectivity index (χ2n) is 5.31. The summed E-state index contributed by atoms with van der Waals surface area (Å²) in [6, 6.07) is 15.0. The SMILES string of the molecule is ClC(Cc1cccc2ccccc12)C1CCOCC1. The number of halogens is 1. The van der Waals surface area contributed by atoms with Crippen LogP contribution in [0.3, 0.4) is 0 Å². The smallest absolute Gasteiger partial charge is 0.0469 e. The third-order valence-corrected chi connectivity index (χ3v) is 4.58. The lowest BCUT2D eigenvalue weighted by atomic mass is 9.90. The molecule has 1 nitrogen and oxygen atoms in total. The van der Waals surface area contributed by atoms with Crippen LogP contribution < -0.4 is 0 Å². The van der Waals surface area contributed by atoms with Gasteiger partial charge < -0.3 is 4.74 Å². The van der Waals surface area contributed by atoms with E-state index in [1.165, 1.54) is 16.3 Å². The zero-order chi connectivity index (χ0) is 13.1. The molecule has 3 rings (SSSR count). The van der Waals surface area contributed by atoms with Crippen LogP contribution >= 0.6 is 11.6 Å². The molecule has 1 atom stereocenters. The molecular weight excluding hydrogens is 256 g/mol. The van der Waals surface area contributed by atoms with Crippen LogP contribution in [0.5, 0.6) is 0 Å². The van der Waals surface area contributed by atoms with Crippen molar-refractivity contribution in [3.05, 3.63) is 48.0 Å². The molecule has 1 heterocycles. The van der Waals surface area contributed by atoms with Crippen LogP contribution in [0.2, 0.25) is 0 Å². The largest absolute Gasteiger partial charge is 0.381 e. The maximum atomic E-state index is 6.64. The monoisotopic (exact) mass is 274 g/mol. The molecule has 0 aliphatic carbocycles. The molecule has 0 bridgehead atoms. The number of ether oxygens (including phenoxy) is 1. The van der Waals surface area contributed by atoms with E-state index < -0.39 is 0 Å². The number of alkyl halides is 1. The molecule has 1 saturated heterocycles. The Kier molecular flexibility index (Phi) is 4.05. The number of hydrogen-bond acceptors (Lipinski definition) is 1. The molecule has 0 radical (unpaired) electrons. The van der Waals surface area contributed by atoms with Gasteiger partial charge in [0.15, 0.2) is 0 Å². The molecule has 1 fully saturated rings. The third kappa shape index (κ3) is 2.93. The molecule has 2 heteroatoms. The van der Waals surface area contributed by atoms with E-state index in [1.807, 2.05) is 0 Å². The van der Waals surface area contributed by atoms with Crippen LogP contribution in [0, 0.1) is 5.92 Å². The summed E-state index contributed by atoms with van der Waals surface area (Å²) in [5.74, 6) is 0.592. The molecule has 0 N–H and O–H groups in total. The maximum Gasteiger partial charge on any atom is 0.0469 e. The molecule has 0 saturated carbocycles. The van der Waals surface area contributed by atoms with Gasteiger partial charge in [0, 0.05) is 18.6 Å². The normalized spacial score (nSPS) is 18.6. The summed E-state index contributed by atoms with van der Waals surface area (Å²) in [6.07, 6.45) is 3.14. The van der Waals surface area contributed by atoms with E-state index in [0.29, 0.717) is 5.92 Å². The third-order valence-electron chi connectivity index (χ3n) is 4.07. The molecule has 0 amide bonds. The van der Waals surface area contributed by atoms with Crippen molar-refractivity contribution in [3.63, 3.8) is 0 Å². The van der Waals surface area contributed by atoms with Crippen LogP contribution in [-0.2, 0) is 11.2 Å². The zero-order valence-electron chi connectivity index (χ0n) is 11.0. The Labute approximate surface area is 119 Å². The molecule has 1 aliphatic heterocycles. The van der Waals surface area contributed by atoms with Gasteiger partial charge in [-0.2, -0.15) is 0 Å². The van der Waals surface area contributed by atoms with Crippen molar-refractivity contribution in [2.75, 3.05) is 13.2 Å². The van der Waals surface area contributed by atoms with Gasteiger partial charge in [0.2, 0.25) is 0 Å². The summed E-state index contributed by atoms with van der Waals surface area (Å²) in [6.45, 7) is 1.73. The van der Waals surface area contributed by atoms with Gasteiger partial charge in [0.1, 0.15) is 0 Å². The van der Waals surface area contributed by atoms with E-state index in [-0.39, 0.29) is 5.38 Å². The van der Waals surface area contributed by atoms with Gasteiger partial charge in [-0.1, -0.05) is 42.5 Å². The fraction of sp³-hybridized carbons (Fsp3) is 0.412. The van der Waals surface area contributed by atoms with Gasteiger partial charge in [-0.3, -0.25) is 0 Å². The Hall–Kier alpha value is -1.05. The van der Waals surface area contributed by atoms with Crippen molar-refractivity contribution in [1.82, 2.24) is 0 Å². The van der Waals surface area contributed by atoms with Crippen molar-refractivity contribution >= 4 is 22.4 Å². The van der Waals surface area contributed by atoms with Crippen LogP contribution in [0.4, 0.5) is 0 Å². The van der Waals surface area contributed by atoms with E-state index in [4.69, 9.17) is 16.3 Å². The zero-order valence-corrected chi connectivity index (χ0v) is 11.8. The Morgan fingerprint density at radius 3 is 2.63 bits per heavy atom. The molecule has 0 aromatic heterocycles. The lowest BCUT2D eigenvalue weighted by molar-refractivity contribution is 0.0651. The first-order valence-electron chi connectivity index (χ1n) is 7.03. The highest BCUT2D eigenvalue weighted by molar-refractivity contribution is 6.21. The molecular formula is C17H19ClO. The first-order valence-corrected chi connectivity index (χ1v) is 7.47. The van der Waals surface area contributed by atoms with Gasteiger partial charge in [-0.05, 0) is 41.5 Å². The molecule has 2 aromatic rings. The topological polar surface area (TPSA) is 9.23 Å². The fourth-order valence-corrected chi connectivity index (χ4v) is 3.34. The number of benzene rings is 2. The lowest BCUT2D eigenvalue weighted by Crippen LogP contribution is -2.25. The van der Waals surface area contributed by atoms with Crippen molar-refractivity contribution in [2.45, 2.75) is 24.6 Å². The van der Waals surface area contributed by atoms with Crippen molar-refractivity contribution < 1.29 is 4.74 Å². The van der Waals surface area contributed by atoms with E-state index in [2.05, 4.69) is 42.5 Å². The van der Waals surface area contributed by atoms with Gasteiger partial charge in [-0.25, -0.2) is 0 Å². The van der Waals surface area contributed by atoms with E-state index in [9.17, 15) is 0 Å². The minimum absolute atomic E-state index is 0.217. The predicted molar refractivity (Wildman–Crippen MR) is 80.8 cm³/mol. The van der Waals surface area contributed by atoms with Crippen LogP contribution in [0.1, 0.15) is 18.4 Å². The molecule has 1 unspecified atom stereocenters. The molecule has 100 valence electrons. The predicted octanol–water partition coefficient (Wildman–Crippen LogP) is 4.42. The Morgan fingerprint density at radius 1 is 1.05 bits per heavy atom. The second kappa shape index (κ2) is 5.94. The standard InChI is InChI=1S/C17H19ClO/c18-17(14-8-10-19-11-9-14)12-15-6-3-5-13-4-1-2-7-16(13)15/h1-7,14,17H,8-12H2. The number of hydrogen-bond donors (Lipinski definition) is 0. The van der Waals surface area contributed by atoms with Crippen LogP contribution in [0.25, 0.3) is 10.8 Å². The summed E-state index contributed by atoms with van der Waals surface area (Å²) >= 11 is 6.64. The number of fused-ring (bicyclic) bond motifs is 1. The summed E-state index contributed by atoms with van der Waals surface area (Å²) in [7, 11) is 0. The van der Waals surface area contributed by atoms with Gasteiger partial charge >= 0.3 is 0 Å². The van der Waals surface area contributed by atoms with Crippen molar-refractivity contribution in [2.24, 2.45) is 5.92 Å². The summed E-state index contributed by atoms with van der Waals surface area (Å²) in [4.78, 5) is 0. The van der Waals surface area contributed by atoms with Gasteiger partial charge in [-0.15, -0.1) is 11.6 Å². The summed E-state index contributed by atoms with van der Waals surface area (Å²) in [5, 5.41) is 2.85. The van der Waals surface area contributed by atoms with E-state index in [1.54, 1.807) is 0 Å². The van der Waals surface area contributed by atoms with Gasteiger partial charge in [0.05, 0.1) is 0 Å². The van der Waals surface area contributed by atoms with Gasteiger partial charge in [0.25, 0.3) is 0 Å². The first-order chi connectivity index (χ1) is 9.34. The fourth-order valence-electron chi connectivity index (χ4n) is 2.92. The minimum Gasteiger partial charge on any atom is -0.381 e. The highest BCUT2D eigenvalue weighted by atomic mass is 35.5. The summed E-state index contributed by atoms with van der Waals surface area (Å²) < 4.78 is 5.41. The van der Waals surface area contributed by atoms with Crippen LogP contribution in [0.15, 0.2) is 42.5 Å². The van der Waals surface area contributed by atoms with E-state index >= 15 is 0 Å². The minimum atomic E-state index is 0.217. The van der Waals surface area contributed by atoms with Crippen LogP contribution in [-0.4, -0.2) is 18.6 Å². The lowest BCUT2D eigenvalue weighted by Gasteiger charge is -2.26. The Morgan fingerprint density at radius 2 is 1.79 bits per heavy atom. The van der Waals surface area contributed by atoms with E-state index in [0.717, 1.165) is 32.5 Å². The maximum absolute atomic E-state index is 6.64. The Balaban J connectivity index is 1.80. The average Bonchev–Trinajstić information content (AvgIpc) is 2.48. The molecule has 0 spiro atoms. The highest BCUT2D eigenvalue weighted by Crippen LogP contribution is 2.28. The number of rotatable bonds is 3. The highest BCUT2D eigenvalue weighted by Gasteiger charge is 2.22.